The van der Waals surface area contributed by atoms with Gasteiger partial charge in [0.25, 0.3) is 0 Å². The van der Waals surface area contributed by atoms with Gasteiger partial charge >= 0.3 is 0 Å². The molecule has 0 bridgehead atoms. The van der Waals surface area contributed by atoms with Gasteiger partial charge in [0.2, 0.25) is 0 Å². The van der Waals surface area contributed by atoms with E-state index in [1.54, 1.807) is 6.20 Å². The Kier molecular flexibility index (Phi) is 2.74. The molecule has 1 aliphatic heterocycles. The van der Waals surface area contributed by atoms with Crippen molar-refractivity contribution >= 4 is 17.4 Å². The van der Waals surface area contributed by atoms with E-state index < -0.39 is 0 Å². The summed E-state index contributed by atoms with van der Waals surface area (Å²) in [4.78, 5) is 11.0. The van der Waals surface area contributed by atoms with Crippen LogP contribution < -0.4 is 4.90 Å². The summed E-state index contributed by atoms with van der Waals surface area (Å²) >= 11 is 6.20. The van der Waals surface area contributed by atoms with Gasteiger partial charge in [0.15, 0.2) is 5.82 Å². The van der Waals surface area contributed by atoms with Crippen LogP contribution >= 0.6 is 11.6 Å². The second kappa shape index (κ2) is 4.13. The lowest BCUT2D eigenvalue weighted by molar-refractivity contribution is 0.340. The zero-order valence-electron chi connectivity index (χ0n) is 10.2. The highest BCUT2D eigenvalue weighted by molar-refractivity contribution is 6.32. The molecule has 1 aromatic rings. The monoisotopic (exact) mass is 251 g/mol. The van der Waals surface area contributed by atoms with E-state index in [0.717, 1.165) is 24.7 Å². The van der Waals surface area contributed by atoms with Crippen LogP contribution in [0.1, 0.15) is 37.9 Å². The molecule has 1 aliphatic carbocycles. The Morgan fingerprint density at radius 2 is 2.06 bits per heavy atom. The maximum atomic E-state index is 6.20. The summed E-state index contributed by atoms with van der Waals surface area (Å²) in [5.41, 5.74) is 0.558. The lowest BCUT2D eigenvalue weighted by atomic mass is 9.86. The zero-order chi connectivity index (χ0) is 11.9. The summed E-state index contributed by atoms with van der Waals surface area (Å²) in [5, 5.41) is 0.686. The fourth-order valence-corrected chi connectivity index (χ4v) is 3.52. The lowest BCUT2D eigenvalue weighted by Gasteiger charge is -2.24. The molecule has 3 nitrogen and oxygen atoms in total. The number of hydrogen-bond donors (Lipinski definition) is 0. The van der Waals surface area contributed by atoms with Gasteiger partial charge in [-0.3, -0.25) is 0 Å². The predicted molar refractivity (Wildman–Crippen MR) is 69.5 cm³/mol. The molecule has 2 heterocycles. The fourth-order valence-electron chi connectivity index (χ4n) is 3.31. The van der Waals surface area contributed by atoms with Crippen LogP contribution in [0.5, 0.6) is 0 Å². The summed E-state index contributed by atoms with van der Waals surface area (Å²) < 4.78 is 0. The highest BCUT2D eigenvalue weighted by Crippen LogP contribution is 2.46. The van der Waals surface area contributed by atoms with Crippen LogP contribution in [0.3, 0.4) is 0 Å². The molecule has 92 valence electrons. The minimum Gasteiger partial charge on any atom is -0.355 e. The summed E-state index contributed by atoms with van der Waals surface area (Å²) in [6.45, 7) is 4.14. The average molecular weight is 252 g/mol. The van der Waals surface area contributed by atoms with Crippen LogP contribution in [-0.2, 0) is 0 Å². The van der Waals surface area contributed by atoms with E-state index >= 15 is 0 Å². The van der Waals surface area contributed by atoms with Crippen molar-refractivity contribution in [2.45, 2.75) is 39.0 Å². The van der Waals surface area contributed by atoms with Crippen molar-refractivity contribution in [3.05, 3.63) is 17.0 Å². The van der Waals surface area contributed by atoms with Crippen LogP contribution in [-0.4, -0.2) is 23.1 Å². The Morgan fingerprint density at radius 3 is 2.82 bits per heavy atom. The molecule has 0 amide bonds. The number of nitrogens with zero attached hydrogens (tertiary/aromatic N) is 3. The minimum absolute atomic E-state index is 0.558. The number of aromatic nitrogens is 2. The quantitative estimate of drug-likeness (QED) is 0.768. The zero-order valence-corrected chi connectivity index (χ0v) is 11.0. The summed E-state index contributed by atoms with van der Waals surface area (Å²) in [7, 11) is 0. The normalized spacial score (nSPS) is 22.6. The molecular weight excluding hydrogens is 234 g/mol. The third kappa shape index (κ3) is 2.01. The summed E-state index contributed by atoms with van der Waals surface area (Å²) in [6, 6.07) is 0. The topological polar surface area (TPSA) is 29.0 Å². The van der Waals surface area contributed by atoms with Crippen molar-refractivity contribution in [2.75, 3.05) is 18.0 Å². The molecule has 3 rings (SSSR count). The van der Waals surface area contributed by atoms with E-state index in [4.69, 9.17) is 11.6 Å². The first-order chi connectivity index (χ1) is 8.19. The van der Waals surface area contributed by atoms with Crippen molar-refractivity contribution in [1.29, 1.82) is 0 Å². The molecule has 2 fully saturated rings. The van der Waals surface area contributed by atoms with Crippen LogP contribution in [0.15, 0.2) is 6.20 Å². The minimum atomic E-state index is 0.558. The average Bonchev–Trinajstić information content (AvgIpc) is 2.94. The van der Waals surface area contributed by atoms with Crippen molar-refractivity contribution in [3.63, 3.8) is 0 Å². The van der Waals surface area contributed by atoms with E-state index in [9.17, 15) is 0 Å². The van der Waals surface area contributed by atoms with Gasteiger partial charge in [0.1, 0.15) is 10.8 Å². The third-order valence-electron chi connectivity index (χ3n) is 4.25. The van der Waals surface area contributed by atoms with Crippen molar-refractivity contribution < 1.29 is 0 Å². The van der Waals surface area contributed by atoms with E-state index in [0.29, 0.717) is 10.4 Å². The van der Waals surface area contributed by atoms with Crippen LogP contribution in [0.4, 0.5) is 5.82 Å². The van der Waals surface area contributed by atoms with E-state index in [1.165, 1.54) is 32.1 Å². The second-order valence-electron chi connectivity index (χ2n) is 5.47. The maximum absolute atomic E-state index is 6.20. The number of halogens is 1. The molecule has 4 heteroatoms. The Hall–Kier alpha value is -0.830. The first-order valence-corrected chi connectivity index (χ1v) is 6.80. The molecule has 17 heavy (non-hydrogen) atoms. The Balaban J connectivity index is 1.84. The summed E-state index contributed by atoms with van der Waals surface area (Å²) in [5.74, 6) is 1.74. The number of hydrogen-bond acceptors (Lipinski definition) is 3. The molecule has 2 aliphatic rings. The molecule has 0 N–H and O–H groups in total. The van der Waals surface area contributed by atoms with Gasteiger partial charge in [0.05, 0.1) is 6.20 Å². The molecule has 0 unspecified atom stereocenters. The third-order valence-corrected chi connectivity index (χ3v) is 4.51. The molecule has 1 saturated carbocycles. The molecule has 1 saturated heterocycles. The molecule has 0 atom stereocenters. The first kappa shape index (κ1) is 11.3. The lowest BCUT2D eigenvalue weighted by Crippen LogP contribution is -2.26. The van der Waals surface area contributed by atoms with E-state index in [-0.39, 0.29) is 0 Å². The molecule has 0 radical (unpaired) electrons. The largest absolute Gasteiger partial charge is 0.355 e. The number of rotatable bonds is 1. The van der Waals surface area contributed by atoms with Crippen LogP contribution in [0, 0.1) is 12.3 Å². The van der Waals surface area contributed by atoms with Gasteiger partial charge in [-0.1, -0.05) is 24.4 Å². The van der Waals surface area contributed by atoms with E-state index in [1.807, 2.05) is 6.92 Å². The SMILES string of the molecule is Cc1ncc(Cl)c(N2CCC3(CCCC3)C2)n1. The van der Waals surface area contributed by atoms with E-state index in [2.05, 4.69) is 14.9 Å². The van der Waals surface area contributed by atoms with Crippen molar-refractivity contribution in [1.82, 2.24) is 9.97 Å². The molecule has 1 spiro atoms. The van der Waals surface area contributed by atoms with Gasteiger partial charge in [-0.15, -0.1) is 0 Å². The summed E-state index contributed by atoms with van der Waals surface area (Å²) in [6.07, 6.45) is 8.57. The smallest absolute Gasteiger partial charge is 0.151 e. The molecule has 1 aromatic heterocycles. The maximum Gasteiger partial charge on any atom is 0.151 e. The van der Waals surface area contributed by atoms with Crippen molar-refractivity contribution in [2.24, 2.45) is 5.41 Å². The highest BCUT2D eigenvalue weighted by Gasteiger charge is 2.40. The standard InChI is InChI=1S/C13H18ClN3/c1-10-15-8-11(14)12(16-10)17-7-6-13(9-17)4-2-3-5-13/h8H,2-7,9H2,1H3. The van der Waals surface area contributed by atoms with Gasteiger partial charge in [-0.2, -0.15) is 0 Å². The van der Waals surface area contributed by atoms with Gasteiger partial charge in [-0.05, 0) is 31.6 Å². The number of aryl methyl sites for hydroxylation is 1. The fraction of sp³-hybridized carbons (Fsp3) is 0.692. The molecular formula is C13H18ClN3. The molecule has 0 aromatic carbocycles. The van der Waals surface area contributed by atoms with Gasteiger partial charge < -0.3 is 4.90 Å². The Labute approximate surface area is 107 Å². The second-order valence-corrected chi connectivity index (χ2v) is 5.87. The first-order valence-electron chi connectivity index (χ1n) is 6.43. The van der Waals surface area contributed by atoms with Gasteiger partial charge in [0, 0.05) is 13.1 Å². The highest BCUT2D eigenvalue weighted by atomic mass is 35.5. The van der Waals surface area contributed by atoms with Gasteiger partial charge in [-0.25, -0.2) is 9.97 Å². The van der Waals surface area contributed by atoms with Crippen LogP contribution in [0.2, 0.25) is 5.02 Å². The number of anilines is 1. The Bertz CT molecular complexity index is 427. The van der Waals surface area contributed by atoms with Crippen LogP contribution in [0.25, 0.3) is 0 Å². The van der Waals surface area contributed by atoms with Crippen molar-refractivity contribution in [3.8, 4) is 0 Å². The predicted octanol–water partition coefficient (Wildman–Crippen LogP) is 3.21. The Morgan fingerprint density at radius 1 is 1.29 bits per heavy atom.